The molecule has 3 aromatic rings. The van der Waals surface area contributed by atoms with E-state index < -0.39 is 5.82 Å². The second-order valence-electron chi connectivity index (χ2n) is 4.13. The van der Waals surface area contributed by atoms with Crippen LogP contribution < -0.4 is 15.8 Å². The van der Waals surface area contributed by atoms with Crippen LogP contribution in [0.3, 0.4) is 0 Å². The first kappa shape index (κ1) is 12.2. The summed E-state index contributed by atoms with van der Waals surface area (Å²) in [5.74, 6) is 0.131. The summed E-state index contributed by atoms with van der Waals surface area (Å²) >= 11 is 0. The molecular weight excluding hydrogens is 263 g/mol. The van der Waals surface area contributed by atoms with Crippen LogP contribution in [0, 0.1) is 5.82 Å². The van der Waals surface area contributed by atoms with Crippen LogP contribution in [0.25, 0.3) is 11.0 Å². The number of ether oxygens (including phenoxy) is 1. The van der Waals surface area contributed by atoms with Crippen molar-refractivity contribution in [3.63, 3.8) is 0 Å². The summed E-state index contributed by atoms with van der Waals surface area (Å²) in [5, 5.41) is 10.4. The molecule has 7 heteroatoms. The van der Waals surface area contributed by atoms with Crippen molar-refractivity contribution in [1.82, 2.24) is 10.3 Å². The van der Waals surface area contributed by atoms with Crippen LogP contribution in [0.15, 0.2) is 35.0 Å². The number of rotatable bonds is 3. The Morgan fingerprint density at radius 2 is 1.95 bits per heavy atom. The average molecular weight is 274 g/mol. The molecule has 0 aliphatic carbocycles. The fourth-order valence-corrected chi connectivity index (χ4v) is 1.86. The van der Waals surface area contributed by atoms with E-state index in [2.05, 4.69) is 20.3 Å². The topological polar surface area (TPSA) is 86.2 Å². The van der Waals surface area contributed by atoms with Gasteiger partial charge in [-0.1, -0.05) is 0 Å². The molecule has 1 heterocycles. The SMILES string of the molecule is COc1ccc(F)c(Nc2ccc(N)c3nonc23)c1. The zero-order valence-electron chi connectivity index (χ0n) is 10.6. The number of nitrogens with one attached hydrogen (secondary N) is 1. The summed E-state index contributed by atoms with van der Waals surface area (Å²) < 4.78 is 23.5. The molecule has 20 heavy (non-hydrogen) atoms. The molecule has 0 atom stereocenters. The van der Waals surface area contributed by atoms with E-state index in [4.69, 9.17) is 10.5 Å². The molecule has 0 saturated carbocycles. The van der Waals surface area contributed by atoms with Crippen molar-refractivity contribution in [2.75, 3.05) is 18.2 Å². The first-order chi connectivity index (χ1) is 9.69. The Morgan fingerprint density at radius 1 is 1.15 bits per heavy atom. The van der Waals surface area contributed by atoms with Crippen molar-refractivity contribution in [3.8, 4) is 5.75 Å². The van der Waals surface area contributed by atoms with E-state index in [1.165, 1.54) is 19.2 Å². The van der Waals surface area contributed by atoms with Gasteiger partial charge in [-0.3, -0.25) is 0 Å². The summed E-state index contributed by atoms with van der Waals surface area (Å²) in [6.45, 7) is 0. The van der Waals surface area contributed by atoms with Gasteiger partial charge in [0, 0.05) is 6.07 Å². The highest BCUT2D eigenvalue weighted by Crippen LogP contribution is 2.30. The standard InChI is InChI=1S/C13H11FN4O2/c1-19-7-2-3-8(14)11(6-7)16-10-5-4-9(15)12-13(10)18-20-17-12/h2-6,16H,15H2,1H3. The fraction of sp³-hybridized carbons (Fsp3) is 0.0769. The van der Waals surface area contributed by atoms with Crippen LogP contribution in [0.4, 0.5) is 21.5 Å². The smallest absolute Gasteiger partial charge is 0.160 e. The first-order valence-corrected chi connectivity index (χ1v) is 5.80. The molecule has 6 nitrogen and oxygen atoms in total. The first-order valence-electron chi connectivity index (χ1n) is 5.80. The molecule has 0 amide bonds. The molecule has 0 unspecified atom stereocenters. The maximum absolute atomic E-state index is 13.8. The number of nitrogens with zero attached hydrogens (tertiary/aromatic N) is 2. The minimum Gasteiger partial charge on any atom is -0.497 e. The molecular formula is C13H11FN4O2. The number of halogens is 1. The number of hydrogen-bond donors (Lipinski definition) is 2. The van der Waals surface area contributed by atoms with E-state index in [1.807, 2.05) is 0 Å². The maximum Gasteiger partial charge on any atom is 0.160 e. The summed E-state index contributed by atoms with van der Waals surface area (Å²) in [6, 6.07) is 7.73. The van der Waals surface area contributed by atoms with Gasteiger partial charge in [0.2, 0.25) is 0 Å². The molecule has 0 bridgehead atoms. The quantitative estimate of drug-likeness (QED) is 0.714. The van der Waals surface area contributed by atoms with Crippen LogP contribution in [-0.4, -0.2) is 17.4 Å². The van der Waals surface area contributed by atoms with E-state index in [-0.39, 0.29) is 5.69 Å². The van der Waals surface area contributed by atoms with E-state index in [1.54, 1.807) is 18.2 Å². The number of nitrogens with two attached hydrogens (primary N) is 1. The monoisotopic (exact) mass is 274 g/mol. The Hall–Kier alpha value is -2.83. The molecule has 2 aromatic carbocycles. The van der Waals surface area contributed by atoms with Gasteiger partial charge < -0.3 is 15.8 Å². The second kappa shape index (κ2) is 4.69. The Balaban J connectivity index is 2.05. The van der Waals surface area contributed by atoms with E-state index in [0.29, 0.717) is 28.2 Å². The lowest BCUT2D eigenvalue weighted by Crippen LogP contribution is -1.97. The van der Waals surface area contributed by atoms with Crippen molar-refractivity contribution < 1.29 is 13.8 Å². The van der Waals surface area contributed by atoms with Gasteiger partial charge in [-0.25, -0.2) is 9.02 Å². The lowest BCUT2D eigenvalue weighted by atomic mass is 10.2. The molecule has 0 saturated heterocycles. The third-order valence-electron chi connectivity index (χ3n) is 2.89. The van der Waals surface area contributed by atoms with Gasteiger partial charge in [-0.2, -0.15) is 0 Å². The molecule has 0 aliphatic heterocycles. The number of fused-ring (bicyclic) bond motifs is 1. The van der Waals surface area contributed by atoms with E-state index in [0.717, 1.165) is 0 Å². The number of nitrogen functional groups attached to an aromatic ring is 1. The van der Waals surface area contributed by atoms with Crippen molar-refractivity contribution in [3.05, 3.63) is 36.1 Å². The molecule has 1 aromatic heterocycles. The minimum absolute atomic E-state index is 0.262. The number of anilines is 3. The van der Waals surface area contributed by atoms with Crippen LogP contribution in [0.1, 0.15) is 0 Å². The van der Waals surface area contributed by atoms with Gasteiger partial charge in [0.15, 0.2) is 11.0 Å². The second-order valence-corrected chi connectivity index (χ2v) is 4.13. The molecule has 0 fully saturated rings. The molecule has 3 N–H and O–H groups in total. The van der Waals surface area contributed by atoms with Crippen LogP contribution in [0.2, 0.25) is 0 Å². The van der Waals surface area contributed by atoms with Crippen molar-refractivity contribution in [2.24, 2.45) is 0 Å². The normalized spacial score (nSPS) is 10.7. The van der Waals surface area contributed by atoms with Crippen molar-refractivity contribution in [2.45, 2.75) is 0 Å². The highest BCUT2D eigenvalue weighted by atomic mass is 19.1. The Labute approximate surface area is 113 Å². The van der Waals surface area contributed by atoms with Gasteiger partial charge in [0.1, 0.15) is 11.6 Å². The fourth-order valence-electron chi connectivity index (χ4n) is 1.86. The third-order valence-corrected chi connectivity index (χ3v) is 2.89. The zero-order chi connectivity index (χ0) is 14.1. The summed E-state index contributed by atoms with van der Waals surface area (Å²) in [7, 11) is 1.51. The highest BCUT2D eigenvalue weighted by Gasteiger charge is 2.12. The summed E-state index contributed by atoms with van der Waals surface area (Å²) in [5.41, 5.74) is 7.87. The van der Waals surface area contributed by atoms with Gasteiger partial charge in [-0.15, -0.1) is 0 Å². The highest BCUT2D eigenvalue weighted by molar-refractivity contribution is 5.96. The molecule has 0 aliphatic rings. The molecule has 0 radical (unpaired) electrons. The van der Waals surface area contributed by atoms with Crippen molar-refractivity contribution >= 4 is 28.1 Å². The van der Waals surface area contributed by atoms with Crippen LogP contribution in [-0.2, 0) is 0 Å². The predicted molar refractivity (Wildman–Crippen MR) is 72.5 cm³/mol. The van der Waals surface area contributed by atoms with Crippen LogP contribution in [0.5, 0.6) is 5.75 Å². The lowest BCUT2D eigenvalue weighted by molar-refractivity contribution is 0.316. The van der Waals surface area contributed by atoms with Crippen molar-refractivity contribution in [1.29, 1.82) is 0 Å². The maximum atomic E-state index is 13.8. The minimum atomic E-state index is -0.410. The van der Waals surface area contributed by atoms with E-state index in [9.17, 15) is 4.39 Å². The Bertz CT molecular complexity index is 772. The number of benzene rings is 2. The molecule has 0 spiro atoms. The van der Waals surface area contributed by atoms with Gasteiger partial charge in [0.25, 0.3) is 0 Å². The molecule has 102 valence electrons. The zero-order valence-corrected chi connectivity index (χ0v) is 10.6. The largest absolute Gasteiger partial charge is 0.497 e. The number of methoxy groups -OCH3 is 1. The Morgan fingerprint density at radius 3 is 2.75 bits per heavy atom. The lowest BCUT2D eigenvalue weighted by Gasteiger charge is -2.09. The summed E-state index contributed by atoms with van der Waals surface area (Å²) in [4.78, 5) is 0. The average Bonchev–Trinajstić information content (AvgIpc) is 2.94. The Kier molecular flexibility index (Phi) is 2.86. The number of hydrogen-bond acceptors (Lipinski definition) is 6. The predicted octanol–water partition coefficient (Wildman–Crippen LogP) is 2.70. The molecule has 3 rings (SSSR count). The van der Waals surface area contributed by atoms with Gasteiger partial charge in [-0.05, 0) is 34.6 Å². The van der Waals surface area contributed by atoms with Gasteiger partial charge in [0.05, 0.1) is 24.2 Å². The van der Waals surface area contributed by atoms with Crippen LogP contribution >= 0.6 is 0 Å². The van der Waals surface area contributed by atoms with E-state index >= 15 is 0 Å². The summed E-state index contributed by atoms with van der Waals surface area (Å²) in [6.07, 6.45) is 0. The number of aromatic nitrogens is 2. The van der Waals surface area contributed by atoms with Gasteiger partial charge >= 0.3 is 0 Å². The third kappa shape index (κ3) is 1.99.